The summed E-state index contributed by atoms with van der Waals surface area (Å²) in [5.74, 6) is 4.77. The van der Waals surface area contributed by atoms with Gasteiger partial charge in [0.05, 0.1) is 11.3 Å². The van der Waals surface area contributed by atoms with Gasteiger partial charge in [-0.3, -0.25) is 0 Å². The van der Waals surface area contributed by atoms with E-state index in [1.165, 1.54) is 11.8 Å². The summed E-state index contributed by atoms with van der Waals surface area (Å²) in [6.45, 7) is 1.68. The summed E-state index contributed by atoms with van der Waals surface area (Å²) in [4.78, 5) is 7.15. The zero-order valence-electron chi connectivity index (χ0n) is 9.95. The summed E-state index contributed by atoms with van der Waals surface area (Å²) in [5, 5.41) is 0.916. The van der Waals surface area contributed by atoms with Gasteiger partial charge >= 0.3 is 6.18 Å². The van der Waals surface area contributed by atoms with Gasteiger partial charge in [-0.2, -0.15) is 13.2 Å². The van der Waals surface area contributed by atoms with Gasteiger partial charge < -0.3 is 0 Å². The second kappa shape index (κ2) is 5.49. The molecule has 1 aromatic heterocycles. The number of hydrogen-bond acceptors (Lipinski definition) is 3. The maximum absolute atomic E-state index is 12.7. The molecule has 1 aromatic carbocycles. The summed E-state index contributed by atoms with van der Waals surface area (Å²) in [6.07, 6.45) is -4.55. The maximum Gasteiger partial charge on any atom is 0.451 e. The summed E-state index contributed by atoms with van der Waals surface area (Å²) < 4.78 is 38.2. The normalized spacial score (nSPS) is 11.2. The molecule has 6 heteroatoms. The lowest BCUT2D eigenvalue weighted by atomic mass is 10.2. The summed E-state index contributed by atoms with van der Waals surface area (Å²) in [6, 6.07) is 6.64. The number of rotatable bonds is 2. The number of fused-ring (bicyclic) bond motifs is 1. The molecule has 0 bridgehead atoms. The number of nitrogens with zero attached hydrogens (tertiary/aromatic N) is 2. The van der Waals surface area contributed by atoms with Gasteiger partial charge in [0.15, 0.2) is 0 Å². The molecule has 0 radical (unpaired) electrons. The number of alkyl halides is 3. The number of thioether (sulfide) groups is 1. The molecule has 0 saturated heterocycles. The Balaban J connectivity index is 2.54. The van der Waals surface area contributed by atoms with Gasteiger partial charge in [-0.25, -0.2) is 9.97 Å². The van der Waals surface area contributed by atoms with E-state index in [0.29, 0.717) is 16.2 Å². The first-order valence-corrected chi connectivity index (χ1v) is 6.37. The highest BCUT2D eigenvalue weighted by Crippen LogP contribution is 2.31. The van der Waals surface area contributed by atoms with Gasteiger partial charge in [0.2, 0.25) is 5.82 Å². The smallest absolute Gasteiger partial charge is 0.224 e. The molecule has 2 aromatic rings. The van der Waals surface area contributed by atoms with Crippen LogP contribution in [0.1, 0.15) is 12.7 Å². The Hall–Kier alpha value is -1.74. The monoisotopic (exact) mass is 282 g/mol. The van der Waals surface area contributed by atoms with E-state index in [-0.39, 0.29) is 5.52 Å². The molecule has 0 spiro atoms. The van der Waals surface area contributed by atoms with Crippen LogP contribution >= 0.6 is 11.8 Å². The average molecular weight is 282 g/mol. The van der Waals surface area contributed by atoms with Crippen molar-refractivity contribution in [3.05, 3.63) is 30.1 Å². The molecular weight excluding hydrogens is 273 g/mol. The summed E-state index contributed by atoms with van der Waals surface area (Å²) in [7, 11) is 0. The highest BCUT2D eigenvalue weighted by molar-refractivity contribution is 7.99. The molecule has 98 valence electrons. The van der Waals surface area contributed by atoms with Crippen LogP contribution in [-0.2, 0) is 6.18 Å². The van der Waals surface area contributed by atoms with Gasteiger partial charge in [0.25, 0.3) is 0 Å². The minimum atomic E-state index is -4.55. The van der Waals surface area contributed by atoms with Crippen molar-refractivity contribution < 1.29 is 13.2 Å². The zero-order chi connectivity index (χ0) is 13.9. The van der Waals surface area contributed by atoms with Crippen LogP contribution in [0.2, 0.25) is 0 Å². The molecule has 19 heavy (non-hydrogen) atoms. The van der Waals surface area contributed by atoms with Crippen molar-refractivity contribution in [1.29, 1.82) is 0 Å². The lowest BCUT2D eigenvalue weighted by Gasteiger charge is -2.09. The number of halogens is 3. The van der Waals surface area contributed by atoms with E-state index in [1.54, 1.807) is 31.2 Å². The van der Waals surface area contributed by atoms with Crippen molar-refractivity contribution >= 4 is 22.7 Å². The van der Waals surface area contributed by atoms with Crippen LogP contribution in [0.25, 0.3) is 10.9 Å². The van der Waals surface area contributed by atoms with Crippen LogP contribution in [0, 0.1) is 11.8 Å². The van der Waals surface area contributed by atoms with Crippen molar-refractivity contribution in [1.82, 2.24) is 9.97 Å². The molecule has 0 atom stereocenters. The lowest BCUT2D eigenvalue weighted by Crippen LogP contribution is -2.11. The summed E-state index contributed by atoms with van der Waals surface area (Å²) in [5.41, 5.74) is 0.289. The van der Waals surface area contributed by atoms with E-state index < -0.39 is 12.0 Å². The minimum Gasteiger partial charge on any atom is -0.224 e. The fourth-order valence-corrected chi connectivity index (χ4v) is 2.29. The largest absolute Gasteiger partial charge is 0.451 e. The quantitative estimate of drug-likeness (QED) is 0.476. The molecule has 2 nitrogen and oxygen atoms in total. The van der Waals surface area contributed by atoms with E-state index in [1.807, 2.05) is 0 Å². The van der Waals surface area contributed by atoms with Crippen molar-refractivity contribution in [2.24, 2.45) is 0 Å². The Morgan fingerprint density at radius 3 is 2.63 bits per heavy atom. The third kappa shape index (κ3) is 3.18. The molecule has 0 saturated carbocycles. The molecule has 2 rings (SSSR count). The van der Waals surface area contributed by atoms with E-state index in [2.05, 4.69) is 21.8 Å². The maximum atomic E-state index is 12.7. The van der Waals surface area contributed by atoms with Crippen LogP contribution in [0.15, 0.2) is 29.3 Å². The molecule has 0 N–H and O–H groups in total. The topological polar surface area (TPSA) is 25.8 Å². The number of aromatic nitrogens is 2. The van der Waals surface area contributed by atoms with Crippen molar-refractivity contribution in [2.45, 2.75) is 18.1 Å². The Bertz CT molecular complexity index is 656. The van der Waals surface area contributed by atoms with Gasteiger partial charge in [-0.05, 0) is 13.0 Å². The predicted octanol–water partition coefficient (Wildman–Crippen LogP) is 3.76. The SMILES string of the molecule is CC#CCSc1nc(C(F)(F)F)nc2ccccc12. The van der Waals surface area contributed by atoms with Crippen LogP contribution in [0.4, 0.5) is 13.2 Å². The van der Waals surface area contributed by atoms with E-state index in [4.69, 9.17) is 0 Å². The zero-order valence-corrected chi connectivity index (χ0v) is 10.8. The molecule has 0 aliphatic rings. The van der Waals surface area contributed by atoms with E-state index in [0.717, 1.165) is 0 Å². The third-order valence-electron chi connectivity index (χ3n) is 2.28. The van der Waals surface area contributed by atoms with Crippen molar-refractivity contribution in [3.63, 3.8) is 0 Å². The second-order valence-corrected chi connectivity index (χ2v) is 4.55. The Morgan fingerprint density at radius 1 is 1.21 bits per heavy atom. The highest BCUT2D eigenvalue weighted by atomic mass is 32.2. The molecule has 0 aliphatic heterocycles. The first kappa shape index (κ1) is 13.7. The van der Waals surface area contributed by atoms with E-state index >= 15 is 0 Å². The second-order valence-electron chi connectivity index (χ2n) is 3.58. The molecule has 0 fully saturated rings. The molecule has 0 amide bonds. The Labute approximate surface area is 112 Å². The Kier molecular flexibility index (Phi) is 3.96. The average Bonchev–Trinajstić information content (AvgIpc) is 2.37. The predicted molar refractivity (Wildman–Crippen MR) is 68.7 cm³/mol. The number of benzene rings is 1. The van der Waals surface area contributed by atoms with Crippen molar-refractivity contribution in [2.75, 3.05) is 5.75 Å². The minimum absolute atomic E-state index is 0.289. The standard InChI is InChI=1S/C13H9F3N2S/c1-2-3-8-19-11-9-6-4-5-7-10(9)17-12(18-11)13(14,15)16/h4-7H,8H2,1H3. The Morgan fingerprint density at radius 2 is 1.95 bits per heavy atom. The third-order valence-corrected chi connectivity index (χ3v) is 3.15. The van der Waals surface area contributed by atoms with Crippen molar-refractivity contribution in [3.8, 4) is 11.8 Å². The number of para-hydroxylation sites is 1. The van der Waals surface area contributed by atoms with Gasteiger partial charge in [0.1, 0.15) is 5.03 Å². The lowest BCUT2D eigenvalue weighted by molar-refractivity contribution is -0.145. The first-order chi connectivity index (χ1) is 9.02. The molecule has 0 aliphatic carbocycles. The van der Waals surface area contributed by atoms with Gasteiger partial charge in [-0.1, -0.05) is 35.9 Å². The van der Waals surface area contributed by atoms with Gasteiger partial charge in [-0.15, -0.1) is 5.92 Å². The fraction of sp³-hybridized carbons (Fsp3) is 0.231. The molecular formula is C13H9F3N2S. The van der Waals surface area contributed by atoms with Gasteiger partial charge in [0, 0.05) is 5.39 Å². The van der Waals surface area contributed by atoms with Crippen LogP contribution in [0.3, 0.4) is 0 Å². The number of hydrogen-bond donors (Lipinski definition) is 0. The van der Waals surface area contributed by atoms with E-state index in [9.17, 15) is 13.2 Å². The summed E-state index contributed by atoms with van der Waals surface area (Å²) >= 11 is 1.18. The van der Waals surface area contributed by atoms with Crippen LogP contribution in [-0.4, -0.2) is 15.7 Å². The first-order valence-electron chi connectivity index (χ1n) is 5.39. The van der Waals surface area contributed by atoms with Crippen LogP contribution < -0.4 is 0 Å². The van der Waals surface area contributed by atoms with Crippen LogP contribution in [0.5, 0.6) is 0 Å². The molecule has 1 heterocycles. The molecule has 0 unspecified atom stereocenters. The fourth-order valence-electron chi connectivity index (χ4n) is 1.46. The highest BCUT2D eigenvalue weighted by Gasteiger charge is 2.35.